The zero-order chi connectivity index (χ0) is 39.7. The van der Waals surface area contributed by atoms with Crippen molar-refractivity contribution in [2.24, 2.45) is 5.14 Å². The molecule has 0 aliphatic carbocycles. The maximum Gasteiger partial charge on any atom is 0.319 e. The van der Waals surface area contributed by atoms with Crippen molar-refractivity contribution in [1.29, 1.82) is 0 Å². The van der Waals surface area contributed by atoms with Gasteiger partial charge in [-0.15, -0.1) is 0 Å². The summed E-state index contributed by atoms with van der Waals surface area (Å²) in [7, 11) is -3.87. The van der Waals surface area contributed by atoms with Crippen molar-refractivity contribution in [3.05, 3.63) is 120 Å². The molecule has 5 heterocycles. The lowest BCUT2D eigenvalue weighted by atomic mass is 9.91. The third-order valence-corrected chi connectivity index (χ3v) is 11.2. The highest BCUT2D eigenvalue weighted by Gasteiger charge is 2.47. The van der Waals surface area contributed by atoms with Gasteiger partial charge < -0.3 is 40.3 Å². The molecule has 3 aromatic carbocycles. The summed E-state index contributed by atoms with van der Waals surface area (Å²) in [5.41, 5.74) is 4.11. The normalized spacial score (nSPS) is 21.0. The fourth-order valence-corrected chi connectivity index (χ4v) is 7.76. The first-order valence-corrected chi connectivity index (χ1v) is 20.1. The Morgan fingerprint density at radius 3 is 2.33 bits per heavy atom. The monoisotopic (exact) mass is 794 g/mol. The van der Waals surface area contributed by atoms with E-state index in [1.807, 2.05) is 48.2 Å². The predicted molar refractivity (Wildman–Crippen MR) is 210 cm³/mol. The van der Waals surface area contributed by atoms with E-state index in [-0.39, 0.29) is 16.9 Å². The molecule has 0 unspecified atom stereocenters. The van der Waals surface area contributed by atoms with Gasteiger partial charge in [0.25, 0.3) is 0 Å². The van der Waals surface area contributed by atoms with E-state index in [2.05, 4.69) is 50.4 Å². The maximum atomic E-state index is 13.0. The van der Waals surface area contributed by atoms with E-state index in [1.165, 1.54) is 30.6 Å². The smallest absolute Gasteiger partial charge is 0.319 e. The summed E-state index contributed by atoms with van der Waals surface area (Å²) in [5.74, 6) is 1.08. The second-order valence-corrected chi connectivity index (χ2v) is 15.6. The van der Waals surface area contributed by atoms with E-state index in [1.54, 1.807) is 10.6 Å². The second-order valence-electron chi connectivity index (χ2n) is 14.1. The van der Waals surface area contributed by atoms with Crippen molar-refractivity contribution in [1.82, 2.24) is 30.0 Å². The Morgan fingerprint density at radius 1 is 0.982 bits per heavy atom. The van der Waals surface area contributed by atoms with Gasteiger partial charge in [0.2, 0.25) is 16.0 Å². The number of ether oxygens (including phenoxy) is 1. The van der Waals surface area contributed by atoms with E-state index in [0.717, 1.165) is 11.1 Å². The molecule has 8 rings (SSSR count). The molecule has 2 saturated heterocycles. The number of aryl methyl sites for hydroxylation is 1. The molecular formula is C39H42N10O7S. The van der Waals surface area contributed by atoms with Crippen LogP contribution >= 0.6 is 0 Å². The minimum Gasteiger partial charge on any atom is -0.387 e. The number of fused-ring (bicyclic) bond motifs is 1. The fraction of sp³-hybridized carbons (Fsp3) is 0.308. The van der Waals surface area contributed by atoms with Crippen molar-refractivity contribution in [2.75, 3.05) is 35.2 Å². The number of anilines is 3. The quantitative estimate of drug-likeness (QED) is 0.104. The second kappa shape index (κ2) is 15.9. The lowest BCUT2D eigenvalue weighted by Gasteiger charge is -2.22. The number of aliphatic hydroxyl groups excluding tert-OH is 2. The number of benzene rings is 3. The number of carbonyl (C=O) groups excluding carboxylic acids is 1. The molecule has 0 saturated carbocycles. The highest BCUT2D eigenvalue weighted by atomic mass is 32.2. The fourth-order valence-electron chi connectivity index (χ4n) is 7.25. The Bertz CT molecular complexity index is 2410. The lowest BCUT2D eigenvalue weighted by molar-refractivity contribution is -0.0434. The third-order valence-electron chi connectivity index (χ3n) is 10.3. The molecule has 2 aliphatic heterocycles. The van der Waals surface area contributed by atoms with Gasteiger partial charge in [0.1, 0.15) is 18.3 Å². The summed E-state index contributed by atoms with van der Waals surface area (Å²) in [6.07, 6.45) is -2.00. The number of primary sulfonamides is 1. The van der Waals surface area contributed by atoms with Crippen LogP contribution in [0.1, 0.15) is 54.2 Å². The first-order chi connectivity index (χ1) is 27.6. The van der Waals surface area contributed by atoms with Crippen LogP contribution in [0.3, 0.4) is 0 Å². The average Bonchev–Trinajstić information content (AvgIpc) is 4.03. The molecule has 2 amide bonds. The molecule has 296 valence electrons. The summed E-state index contributed by atoms with van der Waals surface area (Å²) < 4.78 is 36.5. The topological polar surface area (TPSA) is 236 Å². The van der Waals surface area contributed by atoms with Crippen molar-refractivity contribution in [2.45, 2.75) is 61.2 Å². The molecule has 3 aromatic heterocycles. The van der Waals surface area contributed by atoms with Crippen molar-refractivity contribution in [3.63, 3.8) is 0 Å². The van der Waals surface area contributed by atoms with Crippen LogP contribution in [0, 0.1) is 0 Å². The highest BCUT2D eigenvalue weighted by Crippen LogP contribution is 2.41. The maximum absolute atomic E-state index is 13.0. The van der Waals surface area contributed by atoms with Crippen molar-refractivity contribution < 1.29 is 32.7 Å². The number of hydrogen-bond acceptors (Lipinski definition) is 13. The summed E-state index contributed by atoms with van der Waals surface area (Å²) in [6, 6.07) is 26.8. The minimum atomic E-state index is -3.87. The number of nitrogens with one attached hydrogen (secondary N) is 3. The van der Waals surface area contributed by atoms with Crippen LogP contribution in [0.15, 0.2) is 107 Å². The molecular weight excluding hydrogens is 753 g/mol. The molecule has 7 N–H and O–H groups in total. The van der Waals surface area contributed by atoms with Crippen LogP contribution in [0.4, 0.5) is 22.2 Å². The van der Waals surface area contributed by atoms with Crippen molar-refractivity contribution >= 4 is 44.7 Å². The van der Waals surface area contributed by atoms with E-state index in [9.17, 15) is 23.4 Å². The molecule has 2 aliphatic rings. The zero-order valence-corrected chi connectivity index (χ0v) is 31.7. The molecule has 6 aromatic rings. The average molecular weight is 795 g/mol. The number of sulfonamides is 1. The van der Waals surface area contributed by atoms with Crippen LogP contribution in [-0.2, 0) is 21.2 Å². The van der Waals surface area contributed by atoms with Gasteiger partial charge in [-0.3, -0.25) is 4.57 Å². The Kier molecular flexibility index (Phi) is 10.6. The molecule has 0 bridgehead atoms. The number of aromatic nitrogens is 5. The van der Waals surface area contributed by atoms with Crippen LogP contribution in [0.5, 0.6) is 0 Å². The molecule has 0 radical (unpaired) electrons. The number of rotatable bonds is 12. The van der Waals surface area contributed by atoms with Crippen LogP contribution in [-0.4, -0.2) is 87.2 Å². The Morgan fingerprint density at radius 2 is 1.68 bits per heavy atom. The number of hydrogen-bond donors (Lipinski definition) is 6. The Labute approximate surface area is 327 Å². The number of urea groups is 1. The first-order valence-electron chi connectivity index (χ1n) is 18.6. The number of amides is 2. The summed E-state index contributed by atoms with van der Waals surface area (Å²) >= 11 is 0. The molecule has 2 fully saturated rings. The van der Waals surface area contributed by atoms with Crippen LogP contribution in [0.25, 0.3) is 11.2 Å². The van der Waals surface area contributed by atoms with Gasteiger partial charge in [-0.1, -0.05) is 72.7 Å². The van der Waals surface area contributed by atoms with E-state index in [4.69, 9.17) is 24.4 Å². The molecule has 17 nitrogen and oxygen atoms in total. The van der Waals surface area contributed by atoms with Crippen LogP contribution in [0.2, 0.25) is 0 Å². The van der Waals surface area contributed by atoms with Gasteiger partial charge in [-0.2, -0.15) is 9.97 Å². The third kappa shape index (κ3) is 8.03. The Hall–Kier alpha value is -5.92. The SMILES string of the molecule is CCc1cc([C@H]2O[C@@H](n3cnc4c(NCC(c5ccccc5)c5ccccc5)nc(N5CC[C@@H](NC(=O)Nc6ccc(S(N)(=O)=O)cc6)C5)nc43)[C@@H](O)[C@@H]2O)on1. The van der Waals surface area contributed by atoms with E-state index < -0.39 is 40.6 Å². The minimum absolute atomic E-state index is 0.0384. The number of carbonyl (C=O) groups is 1. The lowest BCUT2D eigenvalue weighted by Crippen LogP contribution is -2.40. The molecule has 57 heavy (non-hydrogen) atoms. The largest absolute Gasteiger partial charge is 0.387 e. The number of imidazole rings is 1. The number of nitrogens with zero attached hydrogens (tertiary/aromatic N) is 6. The highest BCUT2D eigenvalue weighted by molar-refractivity contribution is 7.89. The Balaban J connectivity index is 1.07. The van der Waals surface area contributed by atoms with E-state index in [0.29, 0.717) is 72.5 Å². The molecule has 18 heteroatoms. The predicted octanol–water partition coefficient (Wildman–Crippen LogP) is 3.66. The first kappa shape index (κ1) is 38.0. The van der Waals surface area contributed by atoms with Gasteiger partial charge in [0.05, 0.1) is 16.9 Å². The molecule has 5 atom stereocenters. The van der Waals surface area contributed by atoms with Gasteiger partial charge in [0, 0.05) is 43.3 Å². The number of aliphatic hydroxyl groups is 2. The van der Waals surface area contributed by atoms with Gasteiger partial charge in [-0.25, -0.2) is 23.3 Å². The standard InChI is InChI=1S/C39H42N10O7S/c1-2-25-19-30(56-47-25)34-32(50)33(51)37(55-34)49-22-42-31-35(41-20-29(23-9-5-3-6-10-23)24-11-7-4-8-12-24)45-38(46-36(31)49)48-18-17-27(21-48)44-39(52)43-26-13-15-28(16-14-26)57(40,53)54/h3-16,19,22,27,29,32-34,37,50-51H,2,17-18,20-21H2,1H3,(H2,40,53,54)(H,41,45,46)(H2,43,44,52)/t27-,32+,33+,34-,37-/m1/s1. The van der Waals surface area contributed by atoms with E-state index >= 15 is 0 Å². The van der Waals surface area contributed by atoms with Gasteiger partial charge in [-0.05, 0) is 48.2 Å². The van der Waals surface area contributed by atoms with Crippen molar-refractivity contribution in [3.8, 4) is 0 Å². The summed E-state index contributed by atoms with van der Waals surface area (Å²) in [5, 5.41) is 40.9. The van der Waals surface area contributed by atoms with Gasteiger partial charge in [0.15, 0.2) is 29.0 Å². The number of nitrogens with two attached hydrogens (primary N) is 1. The molecule has 0 spiro atoms. The van der Waals surface area contributed by atoms with Crippen LogP contribution < -0.4 is 26.0 Å². The summed E-state index contributed by atoms with van der Waals surface area (Å²) in [6.45, 7) is 3.28. The zero-order valence-electron chi connectivity index (χ0n) is 30.8. The summed E-state index contributed by atoms with van der Waals surface area (Å²) in [4.78, 5) is 29.4. The van der Waals surface area contributed by atoms with Gasteiger partial charge >= 0.3 is 6.03 Å².